The summed E-state index contributed by atoms with van der Waals surface area (Å²) in [6, 6.07) is 7.89. The van der Waals surface area contributed by atoms with Gasteiger partial charge in [-0.15, -0.1) is 0 Å². The number of hydrogen-bond donors (Lipinski definition) is 2. The molecule has 2 N–H and O–H groups in total. The Labute approximate surface area is 154 Å². The lowest BCUT2D eigenvalue weighted by Gasteiger charge is -2.33. The van der Waals surface area contributed by atoms with Gasteiger partial charge in [0.2, 0.25) is 5.91 Å². The predicted molar refractivity (Wildman–Crippen MR) is 97.3 cm³/mol. The molecule has 0 aliphatic carbocycles. The molecule has 1 saturated heterocycles. The fourth-order valence-electron chi connectivity index (χ4n) is 3.06. The third-order valence-corrected chi connectivity index (χ3v) is 4.55. The van der Waals surface area contributed by atoms with E-state index in [1.807, 2.05) is 25.1 Å². The van der Waals surface area contributed by atoms with E-state index in [0.717, 1.165) is 12.8 Å². The van der Waals surface area contributed by atoms with E-state index in [9.17, 15) is 14.4 Å². The van der Waals surface area contributed by atoms with Crippen LogP contribution in [0.4, 0.5) is 4.79 Å². The quantitative estimate of drug-likeness (QED) is 0.757. The minimum atomic E-state index is -0.839. The number of rotatable bonds is 6. The van der Waals surface area contributed by atoms with Crippen LogP contribution in [0.3, 0.4) is 0 Å². The summed E-state index contributed by atoms with van der Waals surface area (Å²) in [6.45, 7) is 3.56. The van der Waals surface area contributed by atoms with E-state index < -0.39 is 12.0 Å². The first-order chi connectivity index (χ1) is 12.5. The Kier molecular flexibility index (Phi) is 7.44. The minimum Gasteiger partial charge on any atom is -0.467 e. The van der Waals surface area contributed by atoms with Crippen molar-refractivity contribution in [1.29, 1.82) is 0 Å². The van der Waals surface area contributed by atoms with Gasteiger partial charge in [0, 0.05) is 26.1 Å². The van der Waals surface area contributed by atoms with Crippen molar-refractivity contribution < 1.29 is 19.1 Å². The normalized spacial score (nSPS) is 17.9. The average Bonchev–Trinajstić information content (AvgIpc) is 2.70. The summed E-state index contributed by atoms with van der Waals surface area (Å²) < 4.78 is 4.83. The first-order valence-electron chi connectivity index (χ1n) is 9.00. The maximum atomic E-state index is 12.7. The molecule has 2 rings (SSSR count). The molecule has 7 heteroatoms. The van der Waals surface area contributed by atoms with Crippen molar-refractivity contribution in [2.24, 2.45) is 5.92 Å². The monoisotopic (exact) mass is 361 g/mol. The number of nitrogens with zero attached hydrogens (tertiary/aromatic N) is 1. The third kappa shape index (κ3) is 5.47. The van der Waals surface area contributed by atoms with Crippen molar-refractivity contribution in [2.45, 2.75) is 32.2 Å². The molecule has 0 saturated carbocycles. The molecule has 142 valence electrons. The zero-order valence-electron chi connectivity index (χ0n) is 15.4. The lowest BCUT2D eigenvalue weighted by molar-refractivity contribution is -0.143. The molecule has 1 aromatic carbocycles. The van der Waals surface area contributed by atoms with Crippen molar-refractivity contribution in [3.8, 4) is 0 Å². The molecule has 0 spiro atoms. The van der Waals surface area contributed by atoms with E-state index in [-0.39, 0.29) is 17.9 Å². The molecule has 26 heavy (non-hydrogen) atoms. The maximum absolute atomic E-state index is 12.7. The van der Waals surface area contributed by atoms with Crippen LogP contribution in [0.25, 0.3) is 0 Å². The van der Waals surface area contributed by atoms with E-state index in [4.69, 9.17) is 4.74 Å². The second-order valence-electron chi connectivity index (χ2n) is 6.43. The molecule has 1 fully saturated rings. The van der Waals surface area contributed by atoms with E-state index in [1.54, 1.807) is 17.0 Å². The van der Waals surface area contributed by atoms with Crippen molar-refractivity contribution >= 4 is 17.9 Å². The number of carbonyl (C=O) groups is 3. The smallest absolute Gasteiger partial charge is 0.333 e. The lowest BCUT2D eigenvalue weighted by atomic mass is 9.98. The van der Waals surface area contributed by atoms with E-state index >= 15 is 0 Å². The molecule has 3 amide bonds. The van der Waals surface area contributed by atoms with Crippen LogP contribution in [-0.2, 0) is 14.3 Å². The fraction of sp³-hybridized carbons (Fsp3) is 0.526. The van der Waals surface area contributed by atoms with Crippen LogP contribution in [-0.4, -0.2) is 49.6 Å². The van der Waals surface area contributed by atoms with E-state index in [0.29, 0.717) is 31.6 Å². The van der Waals surface area contributed by atoms with Gasteiger partial charge in [-0.05, 0) is 24.3 Å². The highest BCUT2D eigenvalue weighted by Crippen LogP contribution is 2.18. The molecule has 1 aromatic rings. The van der Waals surface area contributed by atoms with Crippen LogP contribution in [0.15, 0.2) is 30.3 Å². The van der Waals surface area contributed by atoms with Gasteiger partial charge < -0.3 is 20.3 Å². The Bertz CT molecular complexity index is 620. The summed E-state index contributed by atoms with van der Waals surface area (Å²) in [7, 11) is 1.30. The van der Waals surface area contributed by atoms with Gasteiger partial charge in [-0.3, -0.25) is 4.79 Å². The summed E-state index contributed by atoms with van der Waals surface area (Å²) >= 11 is 0. The Morgan fingerprint density at radius 3 is 2.65 bits per heavy atom. The summed E-state index contributed by atoms with van der Waals surface area (Å²) in [6.07, 6.45) is 2.29. The van der Waals surface area contributed by atoms with Crippen LogP contribution >= 0.6 is 0 Å². The molecule has 0 bridgehead atoms. The van der Waals surface area contributed by atoms with Crippen molar-refractivity contribution in [3.05, 3.63) is 35.9 Å². The Morgan fingerprint density at radius 2 is 2.00 bits per heavy atom. The number of benzene rings is 1. The first-order valence-corrected chi connectivity index (χ1v) is 9.00. The highest BCUT2D eigenvalue weighted by molar-refractivity contribution is 5.84. The average molecular weight is 361 g/mol. The Morgan fingerprint density at radius 1 is 1.27 bits per heavy atom. The second-order valence-corrected chi connectivity index (χ2v) is 6.43. The number of urea groups is 1. The molecule has 2 atom stereocenters. The molecule has 0 unspecified atom stereocenters. The molecule has 1 aliphatic rings. The van der Waals surface area contributed by atoms with Crippen molar-refractivity contribution in [1.82, 2.24) is 15.5 Å². The van der Waals surface area contributed by atoms with Crippen LogP contribution in [0.2, 0.25) is 0 Å². The number of piperidine rings is 1. The van der Waals surface area contributed by atoms with Gasteiger partial charge in [0.15, 0.2) is 6.04 Å². The van der Waals surface area contributed by atoms with Gasteiger partial charge in [-0.25, -0.2) is 9.59 Å². The van der Waals surface area contributed by atoms with E-state index in [2.05, 4.69) is 10.6 Å². The summed E-state index contributed by atoms with van der Waals surface area (Å²) in [5.74, 6) is -0.270. The summed E-state index contributed by atoms with van der Waals surface area (Å²) in [5, 5.41) is 5.66. The molecule has 1 aliphatic heterocycles. The third-order valence-electron chi connectivity index (χ3n) is 4.55. The van der Waals surface area contributed by atoms with Gasteiger partial charge in [0.05, 0.1) is 7.11 Å². The first kappa shape index (κ1) is 19.8. The number of likely N-dealkylation sites (tertiary alicyclic amines) is 1. The van der Waals surface area contributed by atoms with Crippen LogP contribution in [0.5, 0.6) is 0 Å². The zero-order chi connectivity index (χ0) is 18.9. The minimum absolute atomic E-state index is 0.0152. The molecule has 1 heterocycles. The number of methoxy groups -OCH3 is 1. The second kappa shape index (κ2) is 9.79. The fourth-order valence-corrected chi connectivity index (χ4v) is 3.06. The number of amides is 3. The zero-order valence-corrected chi connectivity index (χ0v) is 15.4. The van der Waals surface area contributed by atoms with Crippen molar-refractivity contribution in [2.75, 3.05) is 26.7 Å². The van der Waals surface area contributed by atoms with Crippen LogP contribution < -0.4 is 10.6 Å². The van der Waals surface area contributed by atoms with Gasteiger partial charge >= 0.3 is 12.0 Å². The molecular formula is C19H27N3O4. The molecule has 7 nitrogen and oxygen atoms in total. The number of esters is 1. The number of hydrogen-bond acceptors (Lipinski definition) is 4. The van der Waals surface area contributed by atoms with Gasteiger partial charge in [-0.1, -0.05) is 37.3 Å². The van der Waals surface area contributed by atoms with E-state index in [1.165, 1.54) is 7.11 Å². The number of ether oxygens (including phenoxy) is 1. The summed E-state index contributed by atoms with van der Waals surface area (Å²) in [5.41, 5.74) is 0.677. The highest BCUT2D eigenvalue weighted by Gasteiger charge is 2.29. The Hall–Kier alpha value is -2.57. The maximum Gasteiger partial charge on any atom is 0.333 e. The van der Waals surface area contributed by atoms with Crippen LogP contribution in [0.1, 0.15) is 37.8 Å². The lowest BCUT2D eigenvalue weighted by Crippen LogP contribution is -2.49. The van der Waals surface area contributed by atoms with Crippen molar-refractivity contribution in [3.63, 3.8) is 0 Å². The number of carbonyl (C=O) groups excluding carboxylic acids is 3. The standard InChI is InChI=1S/C19H27N3O4/c1-3-16(23)20-12-14-8-7-11-22(13-14)19(25)21-17(18(24)26-2)15-9-5-4-6-10-15/h4-6,9-10,14,17H,3,7-8,11-13H2,1-2H3,(H,20,23)(H,21,25)/t14-,17-/m0/s1. The molecule has 0 radical (unpaired) electrons. The van der Waals surface area contributed by atoms with Gasteiger partial charge in [0.25, 0.3) is 0 Å². The van der Waals surface area contributed by atoms with Gasteiger partial charge in [0.1, 0.15) is 0 Å². The SMILES string of the molecule is CCC(=O)NC[C@@H]1CCCN(C(=O)N[C@H](C(=O)OC)c2ccccc2)C1. The molecule has 0 aromatic heterocycles. The topological polar surface area (TPSA) is 87.7 Å². The molecular weight excluding hydrogens is 334 g/mol. The van der Waals surface area contributed by atoms with Gasteiger partial charge in [-0.2, -0.15) is 0 Å². The predicted octanol–water partition coefficient (Wildman–Crippen LogP) is 1.85. The largest absolute Gasteiger partial charge is 0.467 e. The Balaban J connectivity index is 1.97. The van der Waals surface area contributed by atoms with Crippen LogP contribution in [0, 0.1) is 5.92 Å². The summed E-state index contributed by atoms with van der Waals surface area (Å²) in [4.78, 5) is 37.9. The number of nitrogens with one attached hydrogen (secondary N) is 2. The highest BCUT2D eigenvalue weighted by atomic mass is 16.5.